The summed E-state index contributed by atoms with van der Waals surface area (Å²) in [5.74, 6) is -2.29. The van der Waals surface area contributed by atoms with Gasteiger partial charge in [0.15, 0.2) is 0 Å². The second-order valence-electron chi connectivity index (χ2n) is 10.3. The van der Waals surface area contributed by atoms with Gasteiger partial charge in [0.05, 0.1) is 15.6 Å². The number of hydrogen-bond donors (Lipinski definition) is 3. The smallest absolute Gasteiger partial charge is 0.377 e. The number of halogens is 4. The SMILES string of the molecule is Cn1nc(C2CC3CC(O)(C(F)(F)S(=O)(=O)c4ccccc4)CC3C2)c(C(=O)Nc2ccc(F)c(Cl)c2)c1N. The monoisotopic (exact) mass is 582 g/mol. The molecule has 1 amide bonds. The van der Waals surface area contributed by atoms with Crippen molar-refractivity contribution in [2.75, 3.05) is 11.1 Å². The molecule has 2 atom stereocenters. The first-order valence-corrected chi connectivity index (χ1v) is 14.1. The lowest BCUT2D eigenvalue weighted by molar-refractivity contribution is -0.126. The zero-order valence-corrected chi connectivity index (χ0v) is 22.3. The van der Waals surface area contributed by atoms with Crippen molar-refractivity contribution < 1.29 is 31.5 Å². The number of alkyl halides is 2. The standard InChI is InChI=1S/C26H26ClF3N4O4S/c1-34-23(31)21(24(35)32-17-7-8-20(28)19(27)11-17)22(33-34)14-9-15-12-25(36,13-16(15)10-14)26(29,30)39(37,38)18-5-3-2-4-6-18/h2-8,11,14-16,36H,9-10,12-13,31H2,1H3,(H,32,35). The maximum Gasteiger partial charge on any atom is 0.377 e. The molecule has 39 heavy (non-hydrogen) atoms. The average molecular weight is 583 g/mol. The molecule has 0 spiro atoms. The van der Waals surface area contributed by atoms with Gasteiger partial charge in [-0.15, -0.1) is 0 Å². The van der Waals surface area contributed by atoms with E-state index >= 15 is 8.78 Å². The number of amides is 1. The number of anilines is 2. The third-order valence-electron chi connectivity index (χ3n) is 7.88. The number of carbonyl (C=O) groups is 1. The molecule has 1 heterocycles. The molecule has 2 aromatic carbocycles. The molecule has 0 radical (unpaired) electrons. The first kappa shape index (κ1) is 27.5. The highest BCUT2D eigenvalue weighted by Gasteiger charge is 2.67. The van der Waals surface area contributed by atoms with Crippen LogP contribution in [0.4, 0.5) is 24.7 Å². The molecule has 4 N–H and O–H groups in total. The number of hydrogen-bond acceptors (Lipinski definition) is 6. The predicted molar refractivity (Wildman–Crippen MR) is 139 cm³/mol. The van der Waals surface area contributed by atoms with Gasteiger partial charge in [-0.2, -0.15) is 13.9 Å². The van der Waals surface area contributed by atoms with E-state index in [1.807, 2.05) is 0 Å². The number of fused-ring (bicyclic) bond motifs is 1. The molecule has 2 aliphatic carbocycles. The number of aryl methyl sites for hydroxylation is 1. The predicted octanol–water partition coefficient (Wildman–Crippen LogP) is 4.75. The van der Waals surface area contributed by atoms with Crippen molar-refractivity contribution in [3.8, 4) is 0 Å². The molecule has 8 nitrogen and oxygen atoms in total. The second-order valence-corrected chi connectivity index (χ2v) is 12.7. The summed E-state index contributed by atoms with van der Waals surface area (Å²) in [6, 6.07) is 10.1. The largest absolute Gasteiger partial charge is 0.383 e. The third kappa shape index (κ3) is 4.48. The first-order chi connectivity index (χ1) is 18.2. The summed E-state index contributed by atoms with van der Waals surface area (Å²) in [7, 11) is -3.57. The number of aromatic nitrogens is 2. The van der Waals surface area contributed by atoms with Crippen molar-refractivity contribution in [1.29, 1.82) is 0 Å². The summed E-state index contributed by atoms with van der Waals surface area (Å²) in [5, 5.41) is 13.5. The molecular weight excluding hydrogens is 557 g/mol. The fourth-order valence-electron chi connectivity index (χ4n) is 5.97. The third-order valence-corrected chi connectivity index (χ3v) is 10.1. The molecule has 13 heteroatoms. The van der Waals surface area contributed by atoms with E-state index in [1.54, 1.807) is 7.05 Å². The minimum absolute atomic E-state index is 0.0877. The maximum absolute atomic E-state index is 15.4. The minimum atomic E-state index is -5.13. The number of carbonyl (C=O) groups excluding carboxylic acids is 1. The van der Waals surface area contributed by atoms with Crippen LogP contribution in [0.1, 0.15) is 47.7 Å². The number of aliphatic hydroxyl groups is 1. The Hall–Kier alpha value is -3.09. The number of benzene rings is 2. The van der Waals surface area contributed by atoms with Gasteiger partial charge in [0.25, 0.3) is 5.91 Å². The van der Waals surface area contributed by atoms with Crippen molar-refractivity contribution in [3.05, 3.63) is 70.6 Å². The number of nitrogens with zero attached hydrogens (tertiary/aromatic N) is 2. The van der Waals surface area contributed by atoms with Crippen molar-refractivity contribution in [3.63, 3.8) is 0 Å². The fraction of sp³-hybridized carbons (Fsp3) is 0.385. The molecule has 2 unspecified atom stereocenters. The van der Waals surface area contributed by atoms with E-state index in [9.17, 15) is 22.7 Å². The zero-order valence-electron chi connectivity index (χ0n) is 20.7. The Morgan fingerprint density at radius 1 is 1.18 bits per heavy atom. The molecular formula is C26H26ClF3N4O4S. The van der Waals surface area contributed by atoms with E-state index in [0.29, 0.717) is 18.5 Å². The van der Waals surface area contributed by atoms with Crippen LogP contribution in [0, 0.1) is 17.7 Å². The zero-order chi connectivity index (χ0) is 28.3. The normalized spacial score (nSPS) is 25.0. The van der Waals surface area contributed by atoms with Crippen molar-refractivity contribution in [1.82, 2.24) is 9.78 Å². The lowest BCUT2D eigenvalue weighted by Gasteiger charge is -2.33. The second kappa shape index (κ2) is 9.53. The van der Waals surface area contributed by atoms with E-state index in [0.717, 1.165) is 18.2 Å². The van der Waals surface area contributed by atoms with Gasteiger partial charge in [0.2, 0.25) is 9.84 Å². The Morgan fingerprint density at radius 2 is 1.79 bits per heavy atom. The van der Waals surface area contributed by atoms with Crippen molar-refractivity contribution >= 4 is 38.9 Å². The molecule has 0 bridgehead atoms. The summed E-state index contributed by atoms with van der Waals surface area (Å²) < 4.78 is 71.3. The van der Waals surface area contributed by atoms with Crippen LogP contribution in [-0.4, -0.2) is 40.1 Å². The summed E-state index contributed by atoms with van der Waals surface area (Å²) in [5.41, 5.74) is 4.15. The van der Waals surface area contributed by atoms with E-state index < -0.39 is 62.0 Å². The average Bonchev–Trinajstić information content (AvgIpc) is 3.51. The topological polar surface area (TPSA) is 127 Å². The van der Waals surface area contributed by atoms with Crippen molar-refractivity contribution in [2.24, 2.45) is 18.9 Å². The van der Waals surface area contributed by atoms with Gasteiger partial charge in [-0.05, 0) is 67.9 Å². The summed E-state index contributed by atoms with van der Waals surface area (Å²) in [6.07, 6.45) is -0.197. The molecule has 5 rings (SSSR count). The van der Waals surface area contributed by atoms with Crippen molar-refractivity contribution in [2.45, 2.75) is 47.4 Å². The van der Waals surface area contributed by atoms with Crippen LogP contribution in [0.2, 0.25) is 5.02 Å². The van der Waals surface area contributed by atoms with Gasteiger partial charge in [0, 0.05) is 18.7 Å². The van der Waals surface area contributed by atoms with Crippen LogP contribution in [-0.2, 0) is 16.9 Å². The van der Waals surface area contributed by atoms with E-state index in [4.69, 9.17) is 17.3 Å². The molecule has 3 aromatic rings. The summed E-state index contributed by atoms with van der Waals surface area (Å²) in [6.45, 7) is 0. The molecule has 0 aliphatic heterocycles. The number of rotatable bonds is 6. The van der Waals surface area contributed by atoms with Gasteiger partial charge in [-0.1, -0.05) is 29.8 Å². The summed E-state index contributed by atoms with van der Waals surface area (Å²) >= 11 is 5.81. The van der Waals surface area contributed by atoms with E-state index in [-0.39, 0.29) is 28.0 Å². The Morgan fingerprint density at radius 3 is 2.38 bits per heavy atom. The highest BCUT2D eigenvalue weighted by atomic mass is 35.5. The minimum Gasteiger partial charge on any atom is -0.383 e. The molecule has 2 saturated carbocycles. The van der Waals surface area contributed by atoms with Crippen LogP contribution >= 0.6 is 11.6 Å². The Labute approximate surface area is 227 Å². The maximum atomic E-state index is 15.4. The van der Waals surface area contributed by atoms with Crippen LogP contribution in [0.5, 0.6) is 0 Å². The van der Waals surface area contributed by atoms with Crippen LogP contribution in [0.15, 0.2) is 53.4 Å². The number of nitrogens with two attached hydrogens (primary N) is 1. The molecule has 1 aromatic heterocycles. The summed E-state index contributed by atoms with van der Waals surface area (Å²) in [4.78, 5) is 12.6. The first-order valence-electron chi connectivity index (χ1n) is 12.2. The fourth-order valence-corrected chi connectivity index (χ4v) is 7.62. The molecule has 2 fully saturated rings. The highest BCUT2D eigenvalue weighted by molar-refractivity contribution is 7.92. The number of sulfone groups is 1. The Balaban J connectivity index is 1.36. The van der Waals surface area contributed by atoms with E-state index in [2.05, 4.69) is 10.4 Å². The van der Waals surface area contributed by atoms with Gasteiger partial charge in [0.1, 0.15) is 22.8 Å². The quantitative estimate of drug-likeness (QED) is 0.385. The van der Waals surface area contributed by atoms with Gasteiger partial charge in [-0.3, -0.25) is 9.48 Å². The lowest BCUT2D eigenvalue weighted by Crippen LogP contribution is -2.51. The van der Waals surface area contributed by atoms with Crippen LogP contribution in [0.25, 0.3) is 0 Å². The highest BCUT2D eigenvalue weighted by Crippen LogP contribution is 2.59. The molecule has 2 aliphatic rings. The molecule has 0 saturated heterocycles. The molecule has 208 valence electrons. The Bertz CT molecular complexity index is 1530. The van der Waals surface area contributed by atoms with E-state index in [1.165, 1.54) is 35.0 Å². The van der Waals surface area contributed by atoms with Crippen LogP contribution in [0.3, 0.4) is 0 Å². The lowest BCUT2D eigenvalue weighted by atomic mass is 9.91. The van der Waals surface area contributed by atoms with Crippen LogP contribution < -0.4 is 11.1 Å². The van der Waals surface area contributed by atoms with Gasteiger partial charge >= 0.3 is 5.25 Å². The number of nitrogen functional groups attached to an aromatic ring is 1. The number of nitrogens with one attached hydrogen (secondary N) is 1. The Kier molecular flexibility index (Phi) is 6.71. The van der Waals surface area contributed by atoms with Gasteiger partial charge in [-0.25, -0.2) is 12.8 Å². The van der Waals surface area contributed by atoms with Gasteiger partial charge < -0.3 is 16.2 Å².